The van der Waals surface area contributed by atoms with Crippen molar-refractivity contribution >= 4 is 39.8 Å². The number of nitrogens with zero attached hydrogens (tertiary/aromatic N) is 1. The van der Waals surface area contributed by atoms with Crippen molar-refractivity contribution < 1.29 is 17.2 Å². The summed E-state index contributed by atoms with van der Waals surface area (Å²) in [6, 6.07) is 3.36. The van der Waals surface area contributed by atoms with Gasteiger partial charge in [0.05, 0.1) is 11.5 Å². The molecule has 1 fully saturated rings. The molecule has 2 N–H and O–H groups in total. The maximum absolute atomic E-state index is 13.8. The van der Waals surface area contributed by atoms with E-state index in [-0.39, 0.29) is 47.4 Å². The number of halogens is 3. The second kappa shape index (κ2) is 9.65. The number of hydrogen-bond donors (Lipinski definition) is 2. The first-order chi connectivity index (χ1) is 11.3. The molecule has 25 heavy (non-hydrogen) atoms. The maximum atomic E-state index is 13.8. The van der Waals surface area contributed by atoms with Gasteiger partial charge in [-0.3, -0.25) is 4.99 Å². The predicted molar refractivity (Wildman–Crippen MR) is 106 cm³/mol. The van der Waals surface area contributed by atoms with Crippen molar-refractivity contribution in [1.82, 2.24) is 10.6 Å². The van der Waals surface area contributed by atoms with Crippen LogP contribution in [0.3, 0.4) is 0 Å². The average molecular weight is 487 g/mol. The zero-order valence-corrected chi connectivity index (χ0v) is 17.4. The third-order valence-electron chi connectivity index (χ3n) is 3.93. The van der Waals surface area contributed by atoms with E-state index in [0.29, 0.717) is 31.0 Å². The molecule has 1 aromatic rings. The Morgan fingerprint density at radius 1 is 1.40 bits per heavy atom. The second-order valence-electron chi connectivity index (χ2n) is 6.03. The van der Waals surface area contributed by atoms with Gasteiger partial charge in [0.25, 0.3) is 0 Å². The lowest BCUT2D eigenvalue weighted by Crippen LogP contribution is -2.44. The van der Waals surface area contributed by atoms with Crippen molar-refractivity contribution in [2.24, 2.45) is 4.99 Å². The Hall–Kier alpha value is -0.970. The quantitative estimate of drug-likeness (QED) is 0.381. The van der Waals surface area contributed by atoms with E-state index in [1.165, 1.54) is 12.1 Å². The highest BCUT2D eigenvalue weighted by Crippen LogP contribution is 2.20. The molecule has 1 saturated heterocycles. The summed E-state index contributed by atoms with van der Waals surface area (Å²) >= 11 is 0. The average Bonchev–Trinajstić information content (AvgIpc) is 2.83. The summed E-state index contributed by atoms with van der Waals surface area (Å²) in [5, 5.41) is 6.17. The first kappa shape index (κ1) is 22.1. The topological polar surface area (TPSA) is 70.6 Å². The molecule has 2 unspecified atom stereocenters. The van der Waals surface area contributed by atoms with Crippen molar-refractivity contribution in [2.75, 3.05) is 24.6 Å². The second-order valence-corrected chi connectivity index (χ2v) is 8.26. The van der Waals surface area contributed by atoms with Crippen LogP contribution in [0.2, 0.25) is 0 Å². The molecule has 1 heterocycles. The van der Waals surface area contributed by atoms with E-state index >= 15 is 0 Å². The van der Waals surface area contributed by atoms with E-state index in [9.17, 15) is 17.2 Å². The number of nitrogens with one attached hydrogen (secondary N) is 2. The van der Waals surface area contributed by atoms with Gasteiger partial charge in [0.2, 0.25) is 0 Å². The molecule has 1 aliphatic heterocycles. The molecule has 0 aliphatic carbocycles. The zero-order chi connectivity index (χ0) is 17.7. The highest BCUT2D eigenvalue weighted by molar-refractivity contribution is 14.0. The SMILES string of the molecule is CCNC(=NCC(C)c1ccc(F)cc1F)NC1CCS(=O)(=O)C1.I. The van der Waals surface area contributed by atoms with Crippen molar-refractivity contribution in [3.8, 4) is 0 Å². The highest BCUT2D eigenvalue weighted by atomic mass is 127. The molecular formula is C16H24F2IN3O2S. The fraction of sp³-hybridized carbons (Fsp3) is 0.562. The summed E-state index contributed by atoms with van der Waals surface area (Å²) in [4.78, 5) is 4.40. The van der Waals surface area contributed by atoms with Crippen molar-refractivity contribution in [3.63, 3.8) is 0 Å². The maximum Gasteiger partial charge on any atom is 0.191 e. The summed E-state index contributed by atoms with van der Waals surface area (Å²) in [6.07, 6.45) is 0.550. The molecule has 0 saturated carbocycles. The normalized spacial score (nSPS) is 20.6. The van der Waals surface area contributed by atoms with Crippen LogP contribution in [0.25, 0.3) is 0 Å². The van der Waals surface area contributed by atoms with Crippen LogP contribution in [0, 0.1) is 11.6 Å². The van der Waals surface area contributed by atoms with Crippen molar-refractivity contribution in [2.45, 2.75) is 32.2 Å². The molecular weight excluding hydrogens is 463 g/mol. The third-order valence-corrected chi connectivity index (χ3v) is 5.70. The lowest BCUT2D eigenvalue weighted by atomic mass is 10.0. The van der Waals surface area contributed by atoms with Crippen molar-refractivity contribution in [3.05, 3.63) is 35.4 Å². The molecule has 0 spiro atoms. The molecule has 1 aromatic carbocycles. The van der Waals surface area contributed by atoms with E-state index in [1.54, 1.807) is 0 Å². The Labute approximate surface area is 164 Å². The minimum absolute atomic E-state index is 0. The van der Waals surface area contributed by atoms with Gasteiger partial charge in [-0.05, 0) is 25.0 Å². The minimum atomic E-state index is -2.97. The monoisotopic (exact) mass is 487 g/mol. The molecule has 5 nitrogen and oxygen atoms in total. The number of benzene rings is 1. The Kier molecular flexibility index (Phi) is 8.52. The highest BCUT2D eigenvalue weighted by Gasteiger charge is 2.28. The van der Waals surface area contributed by atoms with Crippen LogP contribution >= 0.6 is 24.0 Å². The minimum Gasteiger partial charge on any atom is -0.357 e. The Morgan fingerprint density at radius 3 is 2.68 bits per heavy atom. The number of rotatable bonds is 5. The molecule has 0 amide bonds. The summed E-state index contributed by atoms with van der Waals surface area (Å²) in [5.74, 6) is -0.634. The largest absolute Gasteiger partial charge is 0.357 e. The third kappa shape index (κ3) is 6.69. The predicted octanol–water partition coefficient (Wildman–Crippen LogP) is 2.43. The number of guanidine groups is 1. The van der Waals surface area contributed by atoms with Crippen LogP contribution in [0.1, 0.15) is 31.7 Å². The Bertz CT molecular complexity index is 713. The lowest BCUT2D eigenvalue weighted by molar-refractivity contribution is 0.559. The summed E-state index contributed by atoms with van der Waals surface area (Å²) in [7, 11) is -2.97. The summed E-state index contributed by atoms with van der Waals surface area (Å²) in [6.45, 7) is 4.65. The number of aliphatic imine (C=N–C) groups is 1. The van der Waals surface area contributed by atoms with E-state index in [0.717, 1.165) is 6.07 Å². The molecule has 142 valence electrons. The van der Waals surface area contributed by atoms with Gasteiger partial charge in [-0.1, -0.05) is 13.0 Å². The van der Waals surface area contributed by atoms with Crippen LogP contribution in [0.4, 0.5) is 8.78 Å². The van der Waals surface area contributed by atoms with Gasteiger partial charge < -0.3 is 10.6 Å². The van der Waals surface area contributed by atoms with Crippen LogP contribution in [0.5, 0.6) is 0 Å². The van der Waals surface area contributed by atoms with Crippen LogP contribution in [-0.2, 0) is 9.84 Å². The van der Waals surface area contributed by atoms with E-state index < -0.39 is 21.5 Å². The van der Waals surface area contributed by atoms with Crippen LogP contribution in [-0.4, -0.2) is 45.0 Å². The van der Waals surface area contributed by atoms with E-state index in [4.69, 9.17) is 0 Å². The Morgan fingerprint density at radius 2 is 2.12 bits per heavy atom. The van der Waals surface area contributed by atoms with Gasteiger partial charge in [-0.15, -0.1) is 24.0 Å². The number of hydrogen-bond acceptors (Lipinski definition) is 3. The lowest BCUT2D eigenvalue weighted by Gasteiger charge is -2.17. The first-order valence-electron chi connectivity index (χ1n) is 8.01. The van der Waals surface area contributed by atoms with Gasteiger partial charge in [-0.2, -0.15) is 0 Å². The van der Waals surface area contributed by atoms with Crippen LogP contribution in [0.15, 0.2) is 23.2 Å². The van der Waals surface area contributed by atoms with Gasteiger partial charge >= 0.3 is 0 Å². The fourth-order valence-corrected chi connectivity index (χ4v) is 4.32. The van der Waals surface area contributed by atoms with Gasteiger partial charge in [0.15, 0.2) is 15.8 Å². The molecule has 0 bridgehead atoms. The van der Waals surface area contributed by atoms with Gasteiger partial charge in [0, 0.05) is 31.1 Å². The molecule has 9 heteroatoms. The zero-order valence-electron chi connectivity index (χ0n) is 14.3. The smallest absolute Gasteiger partial charge is 0.191 e. The molecule has 0 aromatic heterocycles. The fourth-order valence-electron chi connectivity index (χ4n) is 2.65. The van der Waals surface area contributed by atoms with Crippen LogP contribution < -0.4 is 10.6 Å². The van der Waals surface area contributed by atoms with E-state index in [1.807, 2.05) is 13.8 Å². The summed E-state index contributed by atoms with van der Waals surface area (Å²) in [5.41, 5.74) is 0.402. The first-order valence-corrected chi connectivity index (χ1v) is 9.83. The molecule has 2 atom stereocenters. The van der Waals surface area contributed by atoms with Gasteiger partial charge in [-0.25, -0.2) is 17.2 Å². The van der Waals surface area contributed by atoms with E-state index in [2.05, 4.69) is 15.6 Å². The molecule has 2 rings (SSSR count). The summed E-state index contributed by atoms with van der Waals surface area (Å²) < 4.78 is 49.8. The van der Waals surface area contributed by atoms with Gasteiger partial charge in [0.1, 0.15) is 11.6 Å². The molecule has 1 aliphatic rings. The number of sulfone groups is 1. The standard InChI is InChI=1S/C16H23F2N3O2S.HI/c1-3-19-16(21-13-6-7-24(22,23)10-13)20-9-11(2)14-5-4-12(17)8-15(14)18;/h4-5,8,11,13H,3,6-7,9-10H2,1-2H3,(H2,19,20,21);1H. The van der Waals surface area contributed by atoms with Crippen molar-refractivity contribution in [1.29, 1.82) is 0 Å². The Balaban J connectivity index is 0.00000312. The molecule has 0 radical (unpaired) electrons.